The van der Waals surface area contributed by atoms with Crippen molar-refractivity contribution in [2.75, 3.05) is 19.5 Å². The van der Waals surface area contributed by atoms with Gasteiger partial charge in [0.05, 0.1) is 32.0 Å². The molecule has 0 aliphatic rings. The van der Waals surface area contributed by atoms with E-state index in [0.717, 1.165) is 11.3 Å². The molecule has 1 amide bonds. The van der Waals surface area contributed by atoms with Crippen molar-refractivity contribution in [2.45, 2.75) is 12.8 Å². The van der Waals surface area contributed by atoms with Crippen LogP contribution in [0.25, 0.3) is 5.69 Å². The second-order valence-corrected chi connectivity index (χ2v) is 5.79. The number of carbonyl (C=O) groups excluding carboxylic acids is 1. The average molecular weight is 351 g/mol. The third kappa shape index (κ3) is 3.54. The molecule has 0 spiro atoms. The Labute approximate surface area is 152 Å². The van der Waals surface area contributed by atoms with Crippen molar-refractivity contribution in [2.24, 2.45) is 0 Å². The summed E-state index contributed by atoms with van der Waals surface area (Å²) < 4.78 is 12.2. The third-order valence-electron chi connectivity index (χ3n) is 4.20. The fraction of sp³-hybridized carbons (Fsp3) is 0.200. The number of carbonyl (C=O) groups is 1. The molecule has 3 aromatic rings. The number of benzene rings is 2. The molecular weight excluding hydrogens is 330 g/mol. The molecule has 6 heteroatoms. The first kappa shape index (κ1) is 17.5. The van der Waals surface area contributed by atoms with Crippen molar-refractivity contribution >= 4 is 11.7 Å². The van der Waals surface area contributed by atoms with Gasteiger partial charge in [0, 0.05) is 12.1 Å². The number of amides is 1. The van der Waals surface area contributed by atoms with Gasteiger partial charge in [0.1, 0.15) is 5.82 Å². The first-order valence-electron chi connectivity index (χ1n) is 8.26. The van der Waals surface area contributed by atoms with E-state index in [2.05, 4.69) is 10.4 Å². The highest BCUT2D eigenvalue weighted by Gasteiger charge is 2.17. The first-order valence-corrected chi connectivity index (χ1v) is 8.26. The maximum absolute atomic E-state index is 12.6. The molecular formula is C20H21N3O3. The number of hydrogen-bond donors (Lipinski definition) is 1. The van der Waals surface area contributed by atoms with E-state index >= 15 is 0 Å². The molecule has 0 saturated carbocycles. The Kier molecular flexibility index (Phi) is 5.22. The lowest BCUT2D eigenvalue weighted by molar-refractivity contribution is -0.117. The zero-order chi connectivity index (χ0) is 18.5. The number of nitrogens with zero attached hydrogens (tertiary/aromatic N) is 2. The van der Waals surface area contributed by atoms with Gasteiger partial charge in [0.2, 0.25) is 5.91 Å². The minimum atomic E-state index is -0.273. The highest BCUT2D eigenvalue weighted by molar-refractivity contribution is 5.95. The van der Waals surface area contributed by atoms with Gasteiger partial charge in [0.25, 0.3) is 0 Å². The van der Waals surface area contributed by atoms with Gasteiger partial charge >= 0.3 is 0 Å². The smallest absolute Gasteiger partial charge is 0.232 e. The number of anilines is 1. The van der Waals surface area contributed by atoms with E-state index in [0.29, 0.717) is 17.3 Å². The van der Waals surface area contributed by atoms with Gasteiger partial charge in [-0.1, -0.05) is 30.3 Å². The highest BCUT2D eigenvalue weighted by atomic mass is 16.5. The average Bonchev–Trinajstić information content (AvgIpc) is 3.15. The van der Waals surface area contributed by atoms with Crippen molar-refractivity contribution in [3.63, 3.8) is 0 Å². The third-order valence-corrected chi connectivity index (χ3v) is 4.20. The lowest BCUT2D eigenvalue weighted by Crippen LogP contribution is -2.20. The molecule has 0 saturated heterocycles. The minimum absolute atomic E-state index is 0.0987. The number of rotatable bonds is 6. The topological polar surface area (TPSA) is 65.4 Å². The second kappa shape index (κ2) is 7.74. The molecule has 134 valence electrons. The van der Waals surface area contributed by atoms with E-state index in [1.165, 1.54) is 0 Å². The van der Waals surface area contributed by atoms with Gasteiger partial charge in [0.15, 0.2) is 11.5 Å². The van der Waals surface area contributed by atoms with Crippen LogP contribution in [0.2, 0.25) is 0 Å². The zero-order valence-corrected chi connectivity index (χ0v) is 15.0. The van der Waals surface area contributed by atoms with Crippen molar-refractivity contribution in [1.29, 1.82) is 0 Å². The molecule has 0 aliphatic heterocycles. The molecule has 26 heavy (non-hydrogen) atoms. The predicted octanol–water partition coefficient (Wildman–Crippen LogP) is 3.63. The number of ether oxygens (including phenoxy) is 2. The van der Waals surface area contributed by atoms with Gasteiger partial charge < -0.3 is 14.8 Å². The summed E-state index contributed by atoms with van der Waals surface area (Å²) >= 11 is 0. The maximum atomic E-state index is 12.6. The summed E-state index contributed by atoms with van der Waals surface area (Å²) in [4.78, 5) is 12.6. The van der Waals surface area contributed by atoms with Crippen LogP contribution in [0.4, 0.5) is 5.82 Å². The quantitative estimate of drug-likeness (QED) is 0.736. The molecule has 0 bridgehead atoms. The number of nitrogens with one attached hydrogen (secondary N) is 1. The van der Waals surface area contributed by atoms with Gasteiger partial charge in [-0.3, -0.25) is 4.79 Å². The van der Waals surface area contributed by atoms with Crippen molar-refractivity contribution in [1.82, 2.24) is 9.78 Å². The monoisotopic (exact) mass is 351 g/mol. The van der Waals surface area contributed by atoms with Gasteiger partial charge in [-0.2, -0.15) is 5.10 Å². The normalized spacial score (nSPS) is 11.7. The summed E-state index contributed by atoms with van der Waals surface area (Å²) in [6, 6.07) is 16.9. The number of aromatic nitrogens is 2. The van der Waals surface area contributed by atoms with E-state index < -0.39 is 0 Å². The van der Waals surface area contributed by atoms with Crippen LogP contribution in [0.15, 0.2) is 60.8 Å². The van der Waals surface area contributed by atoms with Crippen LogP contribution < -0.4 is 14.8 Å². The molecule has 3 rings (SSSR count). The van der Waals surface area contributed by atoms with E-state index in [1.807, 2.05) is 49.4 Å². The Morgan fingerprint density at radius 2 is 1.77 bits per heavy atom. The molecule has 1 heterocycles. The summed E-state index contributed by atoms with van der Waals surface area (Å²) in [6.45, 7) is 1.88. The van der Waals surface area contributed by atoms with Crippen LogP contribution in [0.1, 0.15) is 18.4 Å². The van der Waals surface area contributed by atoms with Crippen LogP contribution in [-0.2, 0) is 4.79 Å². The number of hydrogen-bond acceptors (Lipinski definition) is 4. The van der Waals surface area contributed by atoms with Crippen LogP contribution in [0, 0.1) is 0 Å². The molecule has 6 nitrogen and oxygen atoms in total. The van der Waals surface area contributed by atoms with E-state index in [1.54, 1.807) is 37.2 Å². The fourth-order valence-corrected chi connectivity index (χ4v) is 2.69. The van der Waals surface area contributed by atoms with Gasteiger partial charge in [-0.15, -0.1) is 0 Å². The molecule has 0 aliphatic carbocycles. The Morgan fingerprint density at radius 3 is 2.46 bits per heavy atom. The molecule has 0 radical (unpaired) electrons. The predicted molar refractivity (Wildman–Crippen MR) is 100 cm³/mol. The Morgan fingerprint density at radius 1 is 1.04 bits per heavy atom. The molecule has 1 unspecified atom stereocenters. The summed E-state index contributed by atoms with van der Waals surface area (Å²) in [5.41, 5.74) is 1.72. The number of methoxy groups -OCH3 is 2. The second-order valence-electron chi connectivity index (χ2n) is 5.79. The van der Waals surface area contributed by atoms with Crippen LogP contribution in [0.3, 0.4) is 0 Å². The summed E-state index contributed by atoms with van der Waals surface area (Å²) in [7, 11) is 3.16. The summed E-state index contributed by atoms with van der Waals surface area (Å²) in [5.74, 6) is 1.44. The van der Waals surface area contributed by atoms with Crippen molar-refractivity contribution < 1.29 is 14.3 Å². The lowest BCUT2D eigenvalue weighted by atomic mass is 10.0. The lowest BCUT2D eigenvalue weighted by Gasteiger charge is -2.15. The van der Waals surface area contributed by atoms with Gasteiger partial charge in [-0.05, 0) is 24.6 Å². The largest absolute Gasteiger partial charge is 0.493 e. The SMILES string of the molecule is COc1ccc(-n2nccc2NC(=O)C(C)c2ccccc2)cc1OC. The fourth-order valence-electron chi connectivity index (χ4n) is 2.69. The summed E-state index contributed by atoms with van der Waals surface area (Å²) in [6.07, 6.45) is 1.64. The highest BCUT2D eigenvalue weighted by Crippen LogP contribution is 2.30. The van der Waals surface area contributed by atoms with Crippen LogP contribution in [-0.4, -0.2) is 29.9 Å². The molecule has 1 atom stereocenters. The maximum Gasteiger partial charge on any atom is 0.232 e. The zero-order valence-electron chi connectivity index (χ0n) is 15.0. The van der Waals surface area contributed by atoms with E-state index in [4.69, 9.17) is 9.47 Å². The van der Waals surface area contributed by atoms with E-state index in [9.17, 15) is 4.79 Å². The van der Waals surface area contributed by atoms with Crippen molar-refractivity contribution in [3.05, 3.63) is 66.4 Å². The van der Waals surface area contributed by atoms with Crippen LogP contribution >= 0.6 is 0 Å². The standard InChI is InChI=1S/C20H21N3O3/c1-14(15-7-5-4-6-8-15)20(24)22-19-11-12-21-23(19)16-9-10-17(25-2)18(13-16)26-3/h4-14H,1-3H3,(H,22,24). The van der Waals surface area contributed by atoms with Crippen molar-refractivity contribution in [3.8, 4) is 17.2 Å². The molecule has 2 aromatic carbocycles. The van der Waals surface area contributed by atoms with Crippen LogP contribution in [0.5, 0.6) is 11.5 Å². The Hall–Kier alpha value is -3.28. The molecule has 1 aromatic heterocycles. The molecule has 0 fully saturated rings. The molecule has 1 N–H and O–H groups in total. The van der Waals surface area contributed by atoms with Gasteiger partial charge in [-0.25, -0.2) is 4.68 Å². The first-order chi connectivity index (χ1) is 12.6. The van der Waals surface area contributed by atoms with E-state index in [-0.39, 0.29) is 11.8 Å². The minimum Gasteiger partial charge on any atom is -0.493 e. The Balaban J connectivity index is 1.84. The Bertz CT molecular complexity index is 890. The summed E-state index contributed by atoms with van der Waals surface area (Å²) in [5, 5.41) is 7.25.